The number of hydrogen-bond acceptors (Lipinski definition) is 3. The van der Waals surface area contributed by atoms with Gasteiger partial charge in [-0.25, -0.2) is 9.18 Å². The molecule has 2 rings (SSSR count). The third kappa shape index (κ3) is 5.45. The highest BCUT2D eigenvalue weighted by molar-refractivity contribution is 6.31. The third-order valence-electron chi connectivity index (χ3n) is 2.74. The predicted molar refractivity (Wildman–Crippen MR) is 91.0 cm³/mol. The van der Waals surface area contributed by atoms with E-state index in [0.717, 1.165) is 0 Å². The summed E-state index contributed by atoms with van der Waals surface area (Å²) in [6.45, 7) is 5.35. The zero-order valence-corrected chi connectivity index (χ0v) is 13.9. The van der Waals surface area contributed by atoms with Crippen LogP contribution in [-0.4, -0.2) is 11.7 Å². The molecule has 0 unspecified atom stereocenters. The topological polar surface area (TPSA) is 50.4 Å². The average Bonchev–Trinajstić information content (AvgIpc) is 2.42. The van der Waals surface area contributed by atoms with Gasteiger partial charge in [0.15, 0.2) is 0 Å². The minimum atomic E-state index is -0.596. The normalized spacial score (nSPS) is 11.0. The number of benzene rings is 2. The summed E-state index contributed by atoms with van der Waals surface area (Å²) in [4.78, 5) is 11.9. The van der Waals surface area contributed by atoms with Gasteiger partial charge in [0.25, 0.3) is 0 Å². The van der Waals surface area contributed by atoms with E-state index in [1.165, 1.54) is 12.1 Å². The molecule has 0 saturated heterocycles. The van der Waals surface area contributed by atoms with Crippen molar-refractivity contribution in [2.45, 2.75) is 26.4 Å². The zero-order valence-electron chi connectivity index (χ0n) is 13.1. The number of carbonyl (C=O) groups excluding carboxylic acids is 1. The first-order chi connectivity index (χ1) is 10.7. The Bertz CT molecular complexity index is 697. The third-order valence-corrected chi connectivity index (χ3v) is 2.98. The van der Waals surface area contributed by atoms with Crippen LogP contribution in [-0.2, 0) is 4.74 Å². The van der Waals surface area contributed by atoms with Gasteiger partial charge in [-0.3, -0.25) is 5.32 Å². The van der Waals surface area contributed by atoms with Crippen LogP contribution in [0.2, 0.25) is 5.02 Å². The number of anilines is 3. The van der Waals surface area contributed by atoms with Crippen LogP contribution >= 0.6 is 11.6 Å². The molecule has 0 spiro atoms. The Morgan fingerprint density at radius 1 is 1.09 bits per heavy atom. The molecule has 0 bridgehead atoms. The summed E-state index contributed by atoms with van der Waals surface area (Å²) in [6, 6.07) is 10.8. The largest absolute Gasteiger partial charge is 0.444 e. The molecule has 2 N–H and O–H groups in total. The van der Waals surface area contributed by atoms with Crippen LogP contribution in [0, 0.1) is 5.82 Å². The first-order valence-corrected chi connectivity index (χ1v) is 7.43. The van der Waals surface area contributed by atoms with Crippen LogP contribution in [0.1, 0.15) is 20.8 Å². The van der Waals surface area contributed by atoms with Crippen molar-refractivity contribution in [3.05, 3.63) is 53.3 Å². The van der Waals surface area contributed by atoms with E-state index >= 15 is 0 Å². The van der Waals surface area contributed by atoms with Crippen molar-refractivity contribution in [2.75, 3.05) is 10.6 Å². The molecule has 0 radical (unpaired) electrons. The van der Waals surface area contributed by atoms with E-state index in [4.69, 9.17) is 16.3 Å². The molecule has 23 heavy (non-hydrogen) atoms. The predicted octanol–water partition coefficient (Wildman–Crippen LogP) is 5.57. The van der Waals surface area contributed by atoms with Gasteiger partial charge in [0.05, 0.1) is 11.4 Å². The Morgan fingerprint density at radius 2 is 1.74 bits per heavy atom. The second-order valence-electron chi connectivity index (χ2n) is 5.95. The zero-order chi connectivity index (χ0) is 17.0. The number of ether oxygens (including phenoxy) is 1. The molecule has 0 aliphatic rings. The number of hydrogen-bond donors (Lipinski definition) is 2. The van der Waals surface area contributed by atoms with Crippen LogP contribution < -0.4 is 10.6 Å². The summed E-state index contributed by atoms with van der Waals surface area (Å²) in [5.41, 5.74) is 1.16. The Hall–Kier alpha value is -2.27. The molecular formula is C17H18ClFN2O2. The molecular weight excluding hydrogens is 319 g/mol. The first-order valence-electron chi connectivity index (χ1n) is 7.05. The Kier molecular flexibility index (Phi) is 5.11. The van der Waals surface area contributed by atoms with Crippen molar-refractivity contribution >= 4 is 34.8 Å². The average molecular weight is 337 g/mol. The number of rotatable bonds is 3. The standard InChI is InChI=1S/C17H18ClFN2O2/c1-17(2,3)23-16(22)21-14-9-4-11(18)10-15(14)20-13-7-5-12(19)6-8-13/h4-10,20H,1-3H3,(H,21,22). The van der Waals surface area contributed by atoms with E-state index in [9.17, 15) is 9.18 Å². The van der Waals surface area contributed by atoms with Gasteiger partial charge in [-0.1, -0.05) is 11.6 Å². The van der Waals surface area contributed by atoms with E-state index in [0.29, 0.717) is 22.1 Å². The SMILES string of the molecule is CC(C)(C)OC(=O)Nc1ccc(Cl)cc1Nc1ccc(F)cc1. The van der Waals surface area contributed by atoms with Gasteiger partial charge in [0, 0.05) is 10.7 Å². The van der Waals surface area contributed by atoms with Crippen molar-refractivity contribution in [2.24, 2.45) is 0 Å². The lowest BCUT2D eigenvalue weighted by Crippen LogP contribution is -2.27. The van der Waals surface area contributed by atoms with E-state index in [1.54, 1.807) is 51.1 Å². The van der Waals surface area contributed by atoms with Gasteiger partial charge in [-0.15, -0.1) is 0 Å². The number of amides is 1. The minimum Gasteiger partial charge on any atom is -0.444 e. The molecule has 1 amide bonds. The molecule has 0 aromatic heterocycles. The number of carbonyl (C=O) groups is 1. The van der Waals surface area contributed by atoms with Gasteiger partial charge < -0.3 is 10.1 Å². The lowest BCUT2D eigenvalue weighted by atomic mass is 10.2. The molecule has 0 aliphatic heterocycles. The smallest absolute Gasteiger partial charge is 0.412 e. The van der Waals surface area contributed by atoms with Gasteiger partial charge in [-0.2, -0.15) is 0 Å². The summed E-state index contributed by atoms with van der Waals surface area (Å²) in [6.07, 6.45) is -0.568. The van der Waals surface area contributed by atoms with Crippen LogP contribution in [0.3, 0.4) is 0 Å². The highest BCUT2D eigenvalue weighted by Gasteiger charge is 2.17. The maximum Gasteiger partial charge on any atom is 0.412 e. The van der Waals surface area contributed by atoms with Crippen LogP contribution in [0.25, 0.3) is 0 Å². The van der Waals surface area contributed by atoms with Crippen LogP contribution in [0.15, 0.2) is 42.5 Å². The fraction of sp³-hybridized carbons (Fsp3) is 0.235. The summed E-state index contributed by atoms with van der Waals surface area (Å²) >= 11 is 6.01. The molecule has 2 aromatic rings. The van der Waals surface area contributed by atoms with Gasteiger partial charge in [0.2, 0.25) is 0 Å². The van der Waals surface area contributed by atoms with E-state index in [2.05, 4.69) is 10.6 Å². The summed E-state index contributed by atoms with van der Waals surface area (Å²) in [5.74, 6) is -0.325. The summed E-state index contributed by atoms with van der Waals surface area (Å²) < 4.78 is 18.2. The molecule has 0 heterocycles. The van der Waals surface area contributed by atoms with E-state index < -0.39 is 11.7 Å². The summed E-state index contributed by atoms with van der Waals surface area (Å²) in [7, 11) is 0. The summed E-state index contributed by atoms with van der Waals surface area (Å²) in [5, 5.41) is 6.26. The van der Waals surface area contributed by atoms with E-state index in [1.807, 2.05) is 0 Å². The fourth-order valence-corrected chi connectivity index (χ4v) is 2.00. The molecule has 0 atom stereocenters. The molecule has 6 heteroatoms. The van der Waals surface area contributed by atoms with Gasteiger partial charge >= 0.3 is 6.09 Å². The van der Waals surface area contributed by atoms with Crippen molar-refractivity contribution in [1.29, 1.82) is 0 Å². The number of halogens is 2. The Morgan fingerprint density at radius 3 is 2.35 bits per heavy atom. The van der Waals surface area contributed by atoms with E-state index in [-0.39, 0.29) is 5.82 Å². The molecule has 0 fully saturated rings. The first kappa shape index (κ1) is 17.1. The second kappa shape index (κ2) is 6.87. The van der Waals surface area contributed by atoms with Crippen molar-refractivity contribution in [3.63, 3.8) is 0 Å². The fourth-order valence-electron chi connectivity index (χ4n) is 1.83. The Balaban J connectivity index is 2.20. The van der Waals surface area contributed by atoms with Crippen molar-refractivity contribution in [1.82, 2.24) is 0 Å². The second-order valence-corrected chi connectivity index (χ2v) is 6.39. The minimum absolute atomic E-state index is 0.325. The quantitative estimate of drug-likeness (QED) is 0.770. The number of nitrogens with one attached hydrogen (secondary N) is 2. The van der Waals surface area contributed by atoms with Crippen molar-refractivity contribution < 1.29 is 13.9 Å². The van der Waals surface area contributed by atoms with Gasteiger partial charge in [0.1, 0.15) is 11.4 Å². The maximum absolute atomic E-state index is 13.0. The molecule has 0 aliphatic carbocycles. The highest BCUT2D eigenvalue weighted by Crippen LogP contribution is 2.29. The monoisotopic (exact) mass is 336 g/mol. The molecule has 4 nitrogen and oxygen atoms in total. The van der Waals surface area contributed by atoms with Crippen LogP contribution in [0.5, 0.6) is 0 Å². The molecule has 122 valence electrons. The highest BCUT2D eigenvalue weighted by atomic mass is 35.5. The van der Waals surface area contributed by atoms with Crippen molar-refractivity contribution in [3.8, 4) is 0 Å². The molecule has 2 aromatic carbocycles. The lowest BCUT2D eigenvalue weighted by Gasteiger charge is -2.20. The Labute approximate surface area is 139 Å². The lowest BCUT2D eigenvalue weighted by molar-refractivity contribution is 0.0636. The van der Waals surface area contributed by atoms with Gasteiger partial charge in [-0.05, 0) is 63.2 Å². The van der Waals surface area contributed by atoms with Crippen LogP contribution in [0.4, 0.5) is 26.2 Å². The molecule has 0 saturated carbocycles. The maximum atomic E-state index is 13.0.